The summed E-state index contributed by atoms with van der Waals surface area (Å²) in [5, 5.41) is 0. The Morgan fingerprint density at radius 3 is 2.67 bits per heavy atom. The van der Waals surface area contributed by atoms with Gasteiger partial charge in [-0.05, 0) is 36.5 Å². The van der Waals surface area contributed by atoms with Crippen LogP contribution in [0.3, 0.4) is 0 Å². The van der Waals surface area contributed by atoms with Gasteiger partial charge in [-0.3, -0.25) is 9.59 Å². The molecule has 0 aromatic heterocycles. The lowest BCUT2D eigenvalue weighted by Crippen LogP contribution is -2.30. The van der Waals surface area contributed by atoms with Gasteiger partial charge in [0.2, 0.25) is 0 Å². The third-order valence-electron chi connectivity index (χ3n) is 3.48. The van der Waals surface area contributed by atoms with Crippen molar-refractivity contribution in [3.63, 3.8) is 0 Å². The molecule has 0 bridgehead atoms. The van der Waals surface area contributed by atoms with Gasteiger partial charge in [0.25, 0.3) is 0 Å². The van der Waals surface area contributed by atoms with Crippen LogP contribution in [0.15, 0.2) is 36.0 Å². The number of rotatable bonds is 1. The zero-order chi connectivity index (χ0) is 10.5. The van der Waals surface area contributed by atoms with Gasteiger partial charge in [0.1, 0.15) is 0 Å². The number of hydrogen-bond acceptors (Lipinski definition) is 2. The fourth-order valence-electron chi connectivity index (χ4n) is 2.58. The quantitative estimate of drug-likeness (QED) is 0.648. The molecule has 2 nitrogen and oxygen atoms in total. The van der Waals surface area contributed by atoms with Crippen molar-refractivity contribution in [3.8, 4) is 0 Å². The molecule has 1 atom stereocenters. The summed E-state index contributed by atoms with van der Waals surface area (Å²) >= 11 is 0. The first-order valence-corrected chi connectivity index (χ1v) is 5.38. The number of carbonyl (C=O) groups excluding carboxylic acids is 2. The molecule has 1 saturated carbocycles. The molecule has 3 aliphatic carbocycles. The predicted octanol–water partition coefficient (Wildman–Crippen LogP) is 1.98. The molecule has 1 fully saturated rings. The average Bonchev–Trinajstić information content (AvgIpc) is 2.98. The first kappa shape index (κ1) is 8.84. The molecule has 3 rings (SSSR count). The van der Waals surface area contributed by atoms with Crippen LogP contribution in [0.25, 0.3) is 0 Å². The maximum absolute atomic E-state index is 12.0. The molecule has 0 aromatic carbocycles. The minimum atomic E-state index is -0.590. The highest BCUT2D eigenvalue weighted by Gasteiger charge is 2.49. The Kier molecular flexibility index (Phi) is 1.64. The largest absolute Gasteiger partial charge is 0.295 e. The van der Waals surface area contributed by atoms with Crippen molar-refractivity contribution in [1.29, 1.82) is 0 Å². The van der Waals surface area contributed by atoms with Gasteiger partial charge in [-0.15, -0.1) is 0 Å². The minimum absolute atomic E-state index is 0.0778. The van der Waals surface area contributed by atoms with Crippen molar-refractivity contribution in [2.24, 2.45) is 11.3 Å². The lowest BCUT2D eigenvalue weighted by molar-refractivity contribution is -0.123. The monoisotopic (exact) mass is 200 g/mol. The first-order chi connectivity index (χ1) is 7.22. The second kappa shape index (κ2) is 2.78. The molecule has 0 aromatic rings. The third kappa shape index (κ3) is 1.17. The molecule has 15 heavy (non-hydrogen) atoms. The topological polar surface area (TPSA) is 34.1 Å². The maximum atomic E-state index is 12.0. The first-order valence-electron chi connectivity index (χ1n) is 5.38. The Labute approximate surface area is 88.4 Å². The van der Waals surface area contributed by atoms with E-state index in [1.165, 1.54) is 0 Å². The van der Waals surface area contributed by atoms with Crippen LogP contribution >= 0.6 is 0 Å². The number of carbonyl (C=O) groups is 2. The number of hydrogen-bond donors (Lipinski definition) is 0. The van der Waals surface area contributed by atoms with Gasteiger partial charge in [-0.1, -0.05) is 18.2 Å². The minimum Gasteiger partial charge on any atom is -0.295 e. The second-order valence-electron chi connectivity index (χ2n) is 4.57. The van der Waals surface area contributed by atoms with E-state index in [0.29, 0.717) is 12.3 Å². The van der Waals surface area contributed by atoms with E-state index in [9.17, 15) is 9.59 Å². The molecule has 0 saturated heterocycles. The average molecular weight is 200 g/mol. The SMILES string of the molecule is O=C1C=C(C2CC2)[C@]2(C=CC=CC2=O)C1. The van der Waals surface area contributed by atoms with E-state index < -0.39 is 5.41 Å². The summed E-state index contributed by atoms with van der Waals surface area (Å²) in [6, 6.07) is 0. The van der Waals surface area contributed by atoms with Crippen molar-refractivity contribution in [1.82, 2.24) is 0 Å². The predicted molar refractivity (Wildman–Crippen MR) is 56.2 cm³/mol. The molecule has 0 amide bonds. The molecule has 76 valence electrons. The van der Waals surface area contributed by atoms with Crippen molar-refractivity contribution in [2.45, 2.75) is 19.3 Å². The zero-order valence-electron chi connectivity index (χ0n) is 8.40. The summed E-state index contributed by atoms with van der Waals surface area (Å²) in [6.45, 7) is 0. The summed E-state index contributed by atoms with van der Waals surface area (Å²) in [6.07, 6.45) is 11.4. The highest BCUT2D eigenvalue weighted by molar-refractivity contribution is 6.09. The molecule has 0 N–H and O–H groups in total. The van der Waals surface area contributed by atoms with Crippen molar-refractivity contribution < 1.29 is 9.59 Å². The van der Waals surface area contributed by atoms with Gasteiger partial charge in [-0.25, -0.2) is 0 Å². The Hall–Kier alpha value is -1.44. The highest BCUT2D eigenvalue weighted by Crippen LogP contribution is 2.52. The van der Waals surface area contributed by atoms with Crippen LogP contribution in [0.4, 0.5) is 0 Å². The van der Waals surface area contributed by atoms with Crippen LogP contribution in [0.2, 0.25) is 0 Å². The van der Waals surface area contributed by atoms with E-state index in [0.717, 1.165) is 18.4 Å². The lowest BCUT2D eigenvalue weighted by atomic mass is 9.73. The Morgan fingerprint density at radius 1 is 1.20 bits per heavy atom. The third-order valence-corrected chi connectivity index (χ3v) is 3.48. The van der Waals surface area contributed by atoms with Crippen molar-refractivity contribution >= 4 is 11.6 Å². The summed E-state index contributed by atoms with van der Waals surface area (Å²) < 4.78 is 0. The van der Waals surface area contributed by atoms with E-state index >= 15 is 0 Å². The Balaban J connectivity index is 2.07. The molecule has 0 heterocycles. The van der Waals surface area contributed by atoms with Gasteiger partial charge in [-0.2, -0.15) is 0 Å². The molecule has 1 spiro atoms. The van der Waals surface area contributed by atoms with Crippen LogP contribution in [0.1, 0.15) is 19.3 Å². The van der Waals surface area contributed by atoms with Crippen LogP contribution in [0, 0.1) is 11.3 Å². The Bertz CT molecular complexity index is 435. The van der Waals surface area contributed by atoms with Gasteiger partial charge in [0.05, 0.1) is 5.41 Å². The van der Waals surface area contributed by atoms with E-state index in [4.69, 9.17) is 0 Å². The van der Waals surface area contributed by atoms with Crippen LogP contribution < -0.4 is 0 Å². The molecule has 0 unspecified atom stereocenters. The smallest absolute Gasteiger partial charge is 0.170 e. The van der Waals surface area contributed by atoms with Gasteiger partial charge < -0.3 is 0 Å². The van der Waals surface area contributed by atoms with Crippen LogP contribution in [0.5, 0.6) is 0 Å². The summed E-state index contributed by atoms with van der Waals surface area (Å²) in [5.41, 5.74) is 0.477. The lowest BCUT2D eigenvalue weighted by Gasteiger charge is -2.27. The van der Waals surface area contributed by atoms with Crippen LogP contribution in [-0.2, 0) is 9.59 Å². The number of ketones is 2. The molecule has 3 aliphatic rings. The van der Waals surface area contributed by atoms with Crippen molar-refractivity contribution in [3.05, 3.63) is 36.0 Å². The van der Waals surface area contributed by atoms with E-state index in [1.54, 1.807) is 18.2 Å². The molecular formula is C13H12O2. The summed E-state index contributed by atoms with van der Waals surface area (Å²) in [7, 11) is 0. The van der Waals surface area contributed by atoms with E-state index in [1.807, 2.05) is 12.2 Å². The zero-order valence-corrected chi connectivity index (χ0v) is 8.40. The standard InChI is InChI=1S/C13H12O2/c14-10-7-11(9-4-5-9)13(8-10)6-2-1-3-12(13)15/h1-3,6-7,9H,4-5,8H2/t13-/m0/s1. The molecule has 0 radical (unpaired) electrons. The fourth-order valence-corrected chi connectivity index (χ4v) is 2.58. The molecule has 0 aliphatic heterocycles. The number of allylic oxidation sites excluding steroid dienone is 6. The molecule has 2 heteroatoms. The fraction of sp³-hybridized carbons (Fsp3) is 0.385. The second-order valence-corrected chi connectivity index (χ2v) is 4.57. The summed E-state index contributed by atoms with van der Waals surface area (Å²) in [5.74, 6) is 0.663. The Morgan fingerprint density at radius 2 is 2.00 bits per heavy atom. The molecular weight excluding hydrogens is 188 g/mol. The summed E-state index contributed by atoms with van der Waals surface area (Å²) in [4.78, 5) is 23.5. The van der Waals surface area contributed by atoms with Gasteiger partial charge in [0, 0.05) is 6.42 Å². The van der Waals surface area contributed by atoms with Gasteiger partial charge in [0.15, 0.2) is 11.6 Å². The van der Waals surface area contributed by atoms with Crippen LogP contribution in [-0.4, -0.2) is 11.6 Å². The van der Waals surface area contributed by atoms with Crippen molar-refractivity contribution in [2.75, 3.05) is 0 Å². The van der Waals surface area contributed by atoms with Gasteiger partial charge >= 0.3 is 0 Å². The highest BCUT2D eigenvalue weighted by atomic mass is 16.1. The van der Waals surface area contributed by atoms with E-state index in [-0.39, 0.29) is 11.6 Å². The maximum Gasteiger partial charge on any atom is 0.170 e. The van der Waals surface area contributed by atoms with E-state index in [2.05, 4.69) is 0 Å². The normalized spacial score (nSPS) is 34.0.